The number of hydrogen-bond donors (Lipinski definition) is 0. The van der Waals surface area contributed by atoms with E-state index in [2.05, 4.69) is 6.92 Å². The van der Waals surface area contributed by atoms with E-state index in [0.29, 0.717) is 19.7 Å². The smallest absolute Gasteiger partial charge is 0.409 e. The van der Waals surface area contributed by atoms with Gasteiger partial charge in [0.15, 0.2) is 0 Å². The summed E-state index contributed by atoms with van der Waals surface area (Å²) >= 11 is 0. The first kappa shape index (κ1) is 9.27. The number of rotatable bonds is 3. The van der Waals surface area contributed by atoms with Crippen LogP contribution in [-0.2, 0) is 4.74 Å². The minimum Gasteiger partial charge on any atom is -0.450 e. The Bertz CT molecular complexity index is 99.8. The number of ether oxygens (including phenoxy) is 1. The van der Waals surface area contributed by atoms with Gasteiger partial charge in [-0.15, -0.1) is 0 Å². The van der Waals surface area contributed by atoms with Crippen LogP contribution in [0, 0.1) is 6.92 Å². The number of nitrogens with zero attached hydrogens (tertiary/aromatic N) is 1. The highest BCUT2D eigenvalue weighted by molar-refractivity contribution is 5.67. The van der Waals surface area contributed by atoms with E-state index in [1.807, 2.05) is 6.92 Å². The molecule has 3 heteroatoms. The van der Waals surface area contributed by atoms with Gasteiger partial charge in [0, 0.05) is 13.1 Å². The molecule has 0 saturated heterocycles. The first-order valence-corrected chi connectivity index (χ1v) is 3.47. The van der Waals surface area contributed by atoms with Gasteiger partial charge >= 0.3 is 6.09 Å². The molecule has 0 atom stereocenters. The van der Waals surface area contributed by atoms with Crippen molar-refractivity contribution in [1.82, 2.24) is 4.90 Å². The summed E-state index contributed by atoms with van der Waals surface area (Å²) in [7, 11) is 0. The van der Waals surface area contributed by atoms with Crippen molar-refractivity contribution in [3.8, 4) is 0 Å². The Hall–Kier alpha value is -0.730. The molecule has 0 aliphatic carbocycles. The zero-order valence-electron chi connectivity index (χ0n) is 6.59. The average Bonchev–Trinajstić information content (AvgIpc) is 1.91. The predicted molar refractivity (Wildman–Crippen MR) is 39.6 cm³/mol. The van der Waals surface area contributed by atoms with Crippen molar-refractivity contribution in [3.05, 3.63) is 6.92 Å². The van der Waals surface area contributed by atoms with Crippen molar-refractivity contribution in [2.24, 2.45) is 0 Å². The molecule has 0 bridgehead atoms. The standard InChI is InChI=1S/C7H14NO2/c1-4-8(5-2)7(9)10-6-3/h1,4-6H2,2-3H3. The van der Waals surface area contributed by atoms with Gasteiger partial charge in [-0.05, 0) is 20.8 Å². The lowest BCUT2D eigenvalue weighted by atomic mass is 10.6. The first-order chi connectivity index (χ1) is 4.76. The minimum atomic E-state index is -0.278. The largest absolute Gasteiger partial charge is 0.450 e. The Morgan fingerprint density at radius 1 is 1.60 bits per heavy atom. The molecule has 3 nitrogen and oxygen atoms in total. The summed E-state index contributed by atoms with van der Waals surface area (Å²) in [6, 6.07) is 0. The minimum absolute atomic E-state index is 0.278. The molecule has 0 aliphatic heterocycles. The summed E-state index contributed by atoms with van der Waals surface area (Å²) in [4.78, 5) is 12.4. The Morgan fingerprint density at radius 3 is 2.50 bits per heavy atom. The van der Waals surface area contributed by atoms with Crippen LogP contribution in [0.4, 0.5) is 4.79 Å². The summed E-state index contributed by atoms with van der Waals surface area (Å²) < 4.78 is 4.73. The van der Waals surface area contributed by atoms with Gasteiger partial charge in [-0.3, -0.25) is 0 Å². The topological polar surface area (TPSA) is 29.5 Å². The summed E-state index contributed by atoms with van der Waals surface area (Å²) in [5, 5.41) is 0. The lowest BCUT2D eigenvalue weighted by Gasteiger charge is -2.16. The van der Waals surface area contributed by atoms with E-state index in [1.165, 1.54) is 4.90 Å². The maximum atomic E-state index is 10.9. The molecule has 0 aromatic heterocycles. The summed E-state index contributed by atoms with van der Waals surface area (Å²) in [6.07, 6.45) is -0.278. The fraction of sp³-hybridized carbons (Fsp3) is 0.714. The van der Waals surface area contributed by atoms with E-state index in [9.17, 15) is 4.79 Å². The lowest BCUT2D eigenvalue weighted by Crippen LogP contribution is -2.31. The van der Waals surface area contributed by atoms with Gasteiger partial charge in [-0.2, -0.15) is 0 Å². The van der Waals surface area contributed by atoms with Crippen LogP contribution in [0.1, 0.15) is 13.8 Å². The van der Waals surface area contributed by atoms with Gasteiger partial charge in [0.1, 0.15) is 0 Å². The molecule has 0 rings (SSSR count). The molecular formula is C7H14NO2. The first-order valence-electron chi connectivity index (χ1n) is 3.47. The van der Waals surface area contributed by atoms with Crippen LogP contribution >= 0.6 is 0 Å². The molecule has 0 saturated carbocycles. The number of carbonyl (C=O) groups excluding carboxylic acids is 1. The van der Waals surface area contributed by atoms with Crippen molar-refractivity contribution in [2.45, 2.75) is 13.8 Å². The van der Waals surface area contributed by atoms with Gasteiger partial charge in [0.05, 0.1) is 6.61 Å². The van der Waals surface area contributed by atoms with Gasteiger partial charge < -0.3 is 9.64 Å². The third kappa shape index (κ3) is 2.71. The second kappa shape index (κ2) is 5.09. The molecule has 0 unspecified atom stereocenters. The highest BCUT2D eigenvalue weighted by Crippen LogP contribution is 1.91. The monoisotopic (exact) mass is 144 g/mol. The summed E-state index contributed by atoms with van der Waals surface area (Å²) in [5.74, 6) is 0. The van der Waals surface area contributed by atoms with Crippen LogP contribution in [-0.4, -0.2) is 30.7 Å². The van der Waals surface area contributed by atoms with Crippen molar-refractivity contribution < 1.29 is 9.53 Å². The van der Waals surface area contributed by atoms with Gasteiger partial charge in [0.2, 0.25) is 0 Å². The zero-order chi connectivity index (χ0) is 7.98. The average molecular weight is 144 g/mol. The molecular weight excluding hydrogens is 130 g/mol. The SMILES string of the molecule is [CH2]CN(CC)C(=O)OCC. The molecule has 0 fully saturated rings. The number of amides is 1. The quantitative estimate of drug-likeness (QED) is 0.597. The third-order valence-corrected chi connectivity index (χ3v) is 1.18. The number of hydrogen-bond acceptors (Lipinski definition) is 2. The van der Waals surface area contributed by atoms with E-state index in [1.54, 1.807) is 6.92 Å². The van der Waals surface area contributed by atoms with Gasteiger partial charge in [0.25, 0.3) is 0 Å². The van der Waals surface area contributed by atoms with E-state index < -0.39 is 0 Å². The van der Waals surface area contributed by atoms with Crippen LogP contribution in [0.25, 0.3) is 0 Å². The van der Waals surface area contributed by atoms with Crippen LogP contribution in [0.3, 0.4) is 0 Å². The fourth-order valence-corrected chi connectivity index (χ4v) is 0.593. The molecule has 1 radical (unpaired) electrons. The predicted octanol–water partition coefficient (Wildman–Crippen LogP) is 1.30. The second-order valence-corrected chi connectivity index (χ2v) is 1.78. The lowest BCUT2D eigenvalue weighted by molar-refractivity contribution is 0.113. The molecule has 0 aromatic rings. The maximum Gasteiger partial charge on any atom is 0.409 e. The van der Waals surface area contributed by atoms with Crippen molar-refractivity contribution >= 4 is 6.09 Å². The van der Waals surface area contributed by atoms with Gasteiger partial charge in [-0.25, -0.2) is 4.79 Å². The highest BCUT2D eigenvalue weighted by atomic mass is 16.6. The van der Waals surface area contributed by atoms with Crippen LogP contribution in [0.15, 0.2) is 0 Å². The maximum absolute atomic E-state index is 10.9. The Balaban J connectivity index is 3.65. The molecule has 59 valence electrons. The van der Waals surface area contributed by atoms with Crippen LogP contribution in [0.5, 0.6) is 0 Å². The van der Waals surface area contributed by atoms with Crippen molar-refractivity contribution in [2.75, 3.05) is 19.7 Å². The van der Waals surface area contributed by atoms with E-state index in [-0.39, 0.29) is 6.09 Å². The van der Waals surface area contributed by atoms with Crippen LogP contribution in [0.2, 0.25) is 0 Å². The fourth-order valence-electron chi connectivity index (χ4n) is 0.593. The molecule has 10 heavy (non-hydrogen) atoms. The molecule has 0 spiro atoms. The van der Waals surface area contributed by atoms with E-state index >= 15 is 0 Å². The van der Waals surface area contributed by atoms with E-state index in [4.69, 9.17) is 4.74 Å². The van der Waals surface area contributed by atoms with E-state index in [0.717, 1.165) is 0 Å². The third-order valence-electron chi connectivity index (χ3n) is 1.18. The molecule has 1 amide bonds. The summed E-state index contributed by atoms with van der Waals surface area (Å²) in [5.41, 5.74) is 0. The van der Waals surface area contributed by atoms with Gasteiger partial charge in [-0.1, -0.05) is 0 Å². The number of carbonyl (C=O) groups is 1. The zero-order valence-corrected chi connectivity index (χ0v) is 6.59. The second-order valence-electron chi connectivity index (χ2n) is 1.78. The molecule has 0 N–H and O–H groups in total. The molecule has 0 heterocycles. The Morgan fingerprint density at radius 2 is 2.20 bits per heavy atom. The Labute approximate surface area is 62.0 Å². The van der Waals surface area contributed by atoms with Crippen molar-refractivity contribution in [3.63, 3.8) is 0 Å². The van der Waals surface area contributed by atoms with Crippen LogP contribution < -0.4 is 0 Å². The van der Waals surface area contributed by atoms with Crippen molar-refractivity contribution in [1.29, 1.82) is 0 Å². The summed E-state index contributed by atoms with van der Waals surface area (Å²) in [6.45, 7) is 8.81. The Kier molecular flexibility index (Phi) is 4.72. The molecule has 0 aromatic carbocycles. The molecule has 0 aliphatic rings. The highest BCUT2D eigenvalue weighted by Gasteiger charge is 2.07. The normalized spacial score (nSPS) is 9.10.